The van der Waals surface area contributed by atoms with Gasteiger partial charge in [0.05, 0.1) is 10.7 Å². The van der Waals surface area contributed by atoms with Crippen LogP contribution in [0.4, 0.5) is 4.39 Å². The van der Waals surface area contributed by atoms with Crippen LogP contribution in [0.1, 0.15) is 22.3 Å². The molecule has 1 unspecified atom stereocenters. The van der Waals surface area contributed by atoms with Gasteiger partial charge in [-0.15, -0.1) is 0 Å². The molecule has 4 rings (SSSR count). The maximum Gasteiger partial charge on any atom is 0.530 e. The first kappa shape index (κ1) is 16.8. The van der Waals surface area contributed by atoms with Gasteiger partial charge in [0.2, 0.25) is 5.85 Å². The first-order valence-corrected chi connectivity index (χ1v) is 9.94. The van der Waals surface area contributed by atoms with Crippen LogP contribution in [0.5, 0.6) is 5.75 Å². The predicted molar refractivity (Wildman–Crippen MR) is 96.3 cm³/mol. The highest BCUT2D eigenvalue weighted by atomic mass is 35.5. The van der Waals surface area contributed by atoms with Crippen LogP contribution in [0.3, 0.4) is 0 Å². The smallest absolute Gasteiger partial charge is 0.404 e. The number of nitrogens with one attached hydrogen (secondary N) is 1. The number of ether oxygens (including phenoxy) is 1. The minimum Gasteiger partial charge on any atom is -0.404 e. The van der Waals surface area contributed by atoms with Crippen molar-refractivity contribution < 1.29 is 36.5 Å². The Kier molecular flexibility index (Phi) is 4.25. The topological polar surface area (TPSA) is 129 Å². The van der Waals surface area contributed by atoms with Crippen LogP contribution in [0.25, 0.3) is 0 Å². The zero-order valence-corrected chi connectivity index (χ0v) is 16.0. The van der Waals surface area contributed by atoms with Crippen molar-refractivity contribution >= 4 is 19.4 Å². The second-order valence-corrected chi connectivity index (χ2v) is 8.08. The van der Waals surface area contributed by atoms with Crippen LogP contribution in [-0.2, 0) is 25.0 Å². The van der Waals surface area contributed by atoms with E-state index in [9.17, 15) is 19.3 Å². The third kappa shape index (κ3) is 4.16. The van der Waals surface area contributed by atoms with Crippen LogP contribution >= 0.6 is 19.4 Å². The lowest BCUT2D eigenvalue weighted by Crippen LogP contribution is -2.35. The fourth-order valence-corrected chi connectivity index (χ4v) is 3.99. The van der Waals surface area contributed by atoms with Gasteiger partial charge in [-0.3, -0.25) is 23.4 Å². The standard InChI is InChI=1S/C16H15ClFN2O8P/c17-10-1-2-12-9(5-10)7-25-29(24,28-12)26-8-16(18)6-11(21)14(27-16)20-4-3-13(22)19-15(20)23/h1-5,11,14,21H,6-8H2,(H,19,22,23)/t11-,14-,16+,29?/m1/s1/i8D2,14D. The number of hydrogen-bond donors (Lipinski definition) is 2. The third-order valence-electron chi connectivity index (χ3n) is 3.99. The monoisotopic (exact) mass is 451 g/mol. The van der Waals surface area contributed by atoms with E-state index in [1.54, 1.807) is 0 Å². The van der Waals surface area contributed by atoms with Crippen molar-refractivity contribution in [1.82, 2.24) is 9.55 Å². The number of alkyl halides is 1. The van der Waals surface area contributed by atoms with E-state index in [-0.39, 0.29) is 12.4 Å². The minimum atomic E-state index is -4.72. The summed E-state index contributed by atoms with van der Waals surface area (Å²) in [6.07, 6.45) is -5.39. The number of aliphatic hydroxyl groups is 1. The Morgan fingerprint density at radius 3 is 3.07 bits per heavy atom. The Morgan fingerprint density at radius 1 is 1.52 bits per heavy atom. The predicted octanol–water partition coefficient (Wildman–Crippen LogP) is 1.87. The normalized spacial score (nSPS) is 35.8. The van der Waals surface area contributed by atoms with E-state index in [1.807, 2.05) is 4.98 Å². The van der Waals surface area contributed by atoms with Crippen molar-refractivity contribution in [1.29, 1.82) is 0 Å². The van der Waals surface area contributed by atoms with Crippen LogP contribution in [0.15, 0.2) is 40.1 Å². The lowest BCUT2D eigenvalue weighted by atomic mass is 10.2. The van der Waals surface area contributed by atoms with E-state index in [0.717, 1.165) is 12.3 Å². The molecule has 3 heterocycles. The molecule has 0 amide bonds. The van der Waals surface area contributed by atoms with Gasteiger partial charge in [-0.1, -0.05) is 11.6 Å². The summed E-state index contributed by atoms with van der Waals surface area (Å²) in [7, 11) is -4.72. The van der Waals surface area contributed by atoms with Crippen LogP contribution in [0, 0.1) is 0 Å². The Hall–Kier alpha value is -2.01. The molecular weight excluding hydrogens is 434 g/mol. The van der Waals surface area contributed by atoms with Gasteiger partial charge in [0.25, 0.3) is 5.56 Å². The number of nitrogens with zero attached hydrogens (tertiary/aromatic N) is 1. The molecule has 2 aliphatic heterocycles. The Balaban J connectivity index is 1.61. The first-order chi connectivity index (χ1) is 14.8. The first-order valence-electron chi connectivity index (χ1n) is 9.60. The van der Waals surface area contributed by atoms with Gasteiger partial charge in [-0.25, -0.2) is 13.8 Å². The van der Waals surface area contributed by atoms with Crippen LogP contribution in [0.2, 0.25) is 5.02 Å². The molecule has 2 aliphatic rings. The highest BCUT2D eigenvalue weighted by molar-refractivity contribution is 7.49. The summed E-state index contributed by atoms with van der Waals surface area (Å²) in [6, 6.07) is 5.03. The summed E-state index contributed by atoms with van der Waals surface area (Å²) < 4.78 is 72.6. The average molecular weight is 452 g/mol. The van der Waals surface area contributed by atoms with Crippen LogP contribution < -0.4 is 15.8 Å². The summed E-state index contributed by atoms with van der Waals surface area (Å²) in [6.45, 7) is -3.93. The number of aromatic amines is 1. The van der Waals surface area contributed by atoms with Gasteiger partial charge >= 0.3 is 13.5 Å². The maximum atomic E-state index is 15.6. The molecule has 156 valence electrons. The second-order valence-electron chi connectivity index (χ2n) is 6.13. The van der Waals surface area contributed by atoms with E-state index in [2.05, 4.69) is 0 Å². The molecular formula is C16H15ClFN2O8P. The average Bonchev–Trinajstić information content (AvgIpc) is 2.92. The van der Waals surface area contributed by atoms with E-state index < -0.39 is 50.2 Å². The number of aliphatic hydroxyl groups excluding tert-OH is 1. The van der Waals surface area contributed by atoms with Crippen LogP contribution in [-0.4, -0.2) is 33.2 Å². The summed E-state index contributed by atoms with van der Waals surface area (Å²) in [4.78, 5) is 25.1. The van der Waals surface area contributed by atoms with Gasteiger partial charge in [-0.05, 0) is 18.2 Å². The molecule has 1 saturated heterocycles. The van der Waals surface area contributed by atoms with Gasteiger partial charge in [0, 0.05) is 29.3 Å². The zero-order valence-electron chi connectivity index (χ0n) is 17.3. The molecule has 4 atom stereocenters. The highest BCUT2D eigenvalue weighted by Gasteiger charge is 2.50. The van der Waals surface area contributed by atoms with Gasteiger partial charge in [0.1, 0.15) is 18.4 Å². The van der Waals surface area contributed by atoms with E-state index in [4.69, 9.17) is 34.0 Å². The number of phosphoric ester groups is 1. The molecule has 2 aromatic rings. The fourth-order valence-electron chi connectivity index (χ4n) is 2.69. The van der Waals surface area contributed by atoms with Crippen molar-refractivity contribution in [3.8, 4) is 5.75 Å². The quantitative estimate of drug-likeness (QED) is 0.674. The van der Waals surface area contributed by atoms with Crippen molar-refractivity contribution in [2.45, 2.75) is 31.2 Å². The number of rotatable bonds is 4. The Labute approximate surface area is 171 Å². The van der Waals surface area contributed by atoms with Crippen molar-refractivity contribution in [2.75, 3.05) is 6.56 Å². The molecule has 29 heavy (non-hydrogen) atoms. The lowest BCUT2D eigenvalue weighted by molar-refractivity contribution is -0.179. The maximum absolute atomic E-state index is 15.6. The summed E-state index contributed by atoms with van der Waals surface area (Å²) in [5.41, 5.74) is -1.64. The highest BCUT2D eigenvalue weighted by Crippen LogP contribution is 2.55. The van der Waals surface area contributed by atoms with Crippen molar-refractivity contribution in [3.05, 3.63) is 61.9 Å². The van der Waals surface area contributed by atoms with E-state index >= 15 is 4.39 Å². The molecule has 0 bridgehead atoms. The van der Waals surface area contributed by atoms with Crippen molar-refractivity contribution in [3.63, 3.8) is 0 Å². The van der Waals surface area contributed by atoms with E-state index in [1.165, 1.54) is 18.2 Å². The molecule has 2 N–H and O–H groups in total. The summed E-state index contributed by atoms with van der Waals surface area (Å²) >= 11 is 5.85. The number of halogens is 2. The number of benzene rings is 1. The number of hydrogen-bond acceptors (Lipinski definition) is 8. The third-order valence-corrected chi connectivity index (χ3v) is 5.40. The number of phosphoric acid groups is 1. The largest absolute Gasteiger partial charge is 0.530 e. The molecule has 0 radical (unpaired) electrons. The summed E-state index contributed by atoms with van der Waals surface area (Å²) in [5.74, 6) is -3.57. The second kappa shape index (κ2) is 7.35. The van der Waals surface area contributed by atoms with Gasteiger partial charge < -0.3 is 14.4 Å². The minimum absolute atomic E-state index is 0.00898. The van der Waals surface area contributed by atoms with Gasteiger partial charge in [-0.2, -0.15) is 0 Å². The lowest BCUT2D eigenvalue weighted by Gasteiger charge is -2.27. The number of aromatic nitrogens is 2. The Bertz CT molecular complexity index is 1240. The SMILES string of the molecule is [2H]C([2H])(OP1(=O)OCc2cc(Cl)ccc2O1)[C@]1(F)C[C@@H](O)[C@]([2H])(n2ccc(=O)[nH]c2=O)O1. The molecule has 0 saturated carbocycles. The molecule has 13 heteroatoms. The Morgan fingerprint density at radius 2 is 2.31 bits per heavy atom. The van der Waals surface area contributed by atoms with Crippen molar-refractivity contribution in [2.24, 2.45) is 0 Å². The number of fused-ring (bicyclic) bond motifs is 1. The van der Waals surface area contributed by atoms with Gasteiger partial charge in [0.15, 0.2) is 6.20 Å². The fraction of sp³-hybridized carbons (Fsp3) is 0.375. The molecule has 0 spiro atoms. The molecule has 0 aliphatic carbocycles. The molecule has 1 fully saturated rings. The summed E-state index contributed by atoms with van der Waals surface area (Å²) in [5, 5.41) is 10.6. The van der Waals surface area contributed by atoms with E-state index in [0.29, 0.717) is 15.2 Å². The zero-order chi connectivity index (χ0) is 23.5. The molecule has 10 nitrogen and oxygen atoms in total. The molecule has 1 aromatic carbocycles. The molecule has 1 aromatic heterocycles. The number of H-pyrrole nitrogens is 1.